The summed E-state index contributed by atoms with van der Waals surface area (Å²) in [6, 6.07) is 4.18. The first-order chi connectivity index (χ1) is 9.24. The maximum absolute atomic E-state index is 5.32. The quantitative estimate of drug-likeness (QED) is 0.844. The average molecular weight is 343 g/mol. The van der Waals surface area contributed by atoms with E-state index in [0.717, 1.165) is 16.8 Å². The summed E-state index contributed by atoms with van der Waals surface area (Å²) < 4.78 is 6.47. The molecule has 0 spiro atoms. The lowest BCUT2D eigenvalue weighted by atomic mass is 10.3. The van der Waals surface area contributed by atoms with Crippen LogP contribution in [0.1, 0.15) is 4.88 Å². The van der Waals surface area contributed by atoms with E-state index in [1.54, 1.807) is 25.5 Å². The van der Waals surface area contributed by atoms with Crippen LogP contribution in [0.4, 0.5) is 11.6 Å². The molecule has 0 radical (unpaired) electrons. The van der Waals surface area contributed by atoms with Crippen LogP contribution in [0, 0.1) is 0 Å². The SMILES string of the molecule is CNc1ncnc(NCCc2ccc(Br)s2)c1OC. The number of aromatic nitrogens is 2. The molecular weight excluding hydrogens is 328 g/mol. The lowest BCUT2D eigenvalue weighted by Crippen LogP contribution is -2.09. The zero-order chi connectivity index (χ0) is 13.7. The summed E-state index contributed by atoms with van der Waals surface area (Å²) >= 11 is 5.20. The van der Waals surface area contributed by atoms with Gasteiger partial charge in [-0.15, -0.1) is 11.3 Å². The number of rotatable bonds is 6. The molecule has 0 saturated carbocycles. The van der Waals surface area contributed by atoms with Crippen molar-refractivity contribution in [2.75, 3.05) is 31.3 Å². The summed E-state index contributed by atoms with van der Waals surface area (Å²) in [5, 5.41) is 6.25. The molecule has 0 unspecified atom stereocenters. The van der Waals surface area contributed by atoms with Gasteiger partial charge in [0.2, 0.25) is 5.75 Å². The first-order valence-electron chi connectivity index (χ1n) is 5.79. The van der Waals surface area contributed by atoms with Gasteiger partial charge in [-0.2, -0.15) is 0 Å². The summed E-state index contributed by atoms with van der Waals surface area (Å²) in [5.41, 5.74) is 0. The second-order valence-corrected chi connectivity index (χ2v) is 6.28. The van der Waals surface area contributed by atoms with E-state index in [4.69, 9.17) is 4.74 Å². The first kappa shape index (κ1) is 14.1. The molecular formula is C12H15BrN4OS. The minimum absolute atomic E-state index is 0.636. The molecule has 102 valence electrons. The Morgan fingerprint density at radius 3 is 2.74 bits per heavy atom. The standard InChI is InChI=1S/C12H15BrN4OS/c1-14-11-10(18-2)12(17-7-16-11)15-6-5-8-3-4-9(13)19-8/h3-4,7H,5-6H2,1-2H3,(H2,14,15,16,17). The molecule has 0 atom stereocenters. The number of ether oxygens (including phenoxy) is 1. The molecule has 2 aromatic heterocycles. The summed E-state index contributed by atoms with van der Waals surface area (Å²) in [4.78, 5) is 9.63. The van der Waals surface area contributed by atoms with Crippen LogP contribution < -0.4 is 15.4 Å². The Labute approximate surface area is 124 Å². The number of hydrogen-bond acceptors (Lipinski definition) is 6. The van der Waals surface area contributed by atoms with E-state index in [-0.39, 0.29) is 0 Å². The molecule has 0 aliphatic heterocycles. The van der Waals surface area contributed by atoms with Crippen LogP contribution in [-0.2, 0) is 6.42 Å². The van der Waals surface area contributed by atoms with Gasteiger partial charge in [0, 0.05) is 18.5 Å². The summed E-state index contributed by atoms with van der Waals surface area (Å²) in [6.07, 6.45) is 2.46. The van der Waals surface area contributed by atoms with Crippen molar-refractivity contribution in [1.29, 1.82) is 0 Å². The topological polar surface area (TPSA) is 59.1 Å². The molecule has 0 fully saturated rings. The molecule has 19 heavy (non-hydrogen) atoms. The predicted molar refractivity (Wildman–Crippen MR) is 82.3 cm³/mol. The maximum atomic E-state index is 5.32. The Morgan fingerprint density at radius 1 is 1.32 bits per heavy atom. The minimum Gasteiger partial charge on any atom is -0.490 e. The van der Waals surface area contributed by atoms with Crippen LogP contribution in [0.15, 0.2) is 22.2 Å². The Balaban J connectivity index is 1.99. The molecule has 0 amide bonds. The second-order valence-electron chi connectivity index (χ2n) is 3.74. The molecule has 2 heterocycles. The van der Waals surface area contributed by atoms with Gasteiger partial charge in [0.25, 0.3) is 0 Å². The zero-order valence-corrected chi connectivity index (χ0v) is 13.1. The highest BCUT2D eigenvalue weighted by molar-refractivity contribution is 9.11. The smallest absolute Gasteiger partial charge is 0.204 e. The van der Waals surface area contributed by atoms with Gasteiger partial charge in [-0.1, -0.05) is 0 Å². The van der Waals surface area contributed by atoms with Gasteiger partial charge in [0.15, 0.2) is 11.6 Å². The van der Waals surface area contributed by atoms with Crippen molar-refractivity contribution in [2.45, 2.75) is 6.42 Å². The predicted octanol–water partition coefficient (Wildman–Crippen LogP) is 3.01. The fraction of sp³-hybridized carbons (Fsp3) is 0.333. The van der Waals surface area contributed by atoms with Gasteiger partial charge in [-0.05, 0) is 34.5 Å². The van der Waals surface area contributed by atoms with Crippen molar-refractivity contribution < 1.29 is 4.74 Å². The second kappa shape index (κ2) is 6.72. The lowest BCUT2D eigenvalue weighted by molar-refractivity contribution is 0.415. The van der Waals surface area contributed by atoms with Gasteiger partial charge >= 0.3 is 0 Å². The fourth-order valence-electron chi connectivity index (χ4n) is 1.66. The summed E-state index contributed by atoms with van der Waals surface area (Å²) in [7, 11) is 3.42. The molecule has 7 heteroatoms. The average Bonchev–Trinajstić information content (AvgIpc) is 2.84. The van der Waals surface area contributed by atoms with E-state index in [0.29, 0.717) is 17.4 Å². The highest BCUT2D eigenvalue weighted by Crippen LogP contribution is 2.28. The molecule has 2 rings (SSSR count). The molecule has 0 aliphatic carbocycles. The van der Waals surface area contributed by atoms with Crippen LogP contribution in [0.2, 0.25) is 0 Å². The first-order valence-corrected chi connectivity index (χ1v) is 7.40. The van der Waals surface area contributed by atoms with E-state index >= 15 is 0 Å². The van der Waals surface area contributed by atoms with E-state index in [9.17, 15) is 0 Å². The van der Waals surface area contributed by atoms with Crippen molar-refractivity contribution in [3.63, 3.8) is 0 Å². The fourth-order valence-corrected chi connectivity index (χ4v) is 3.14. The zero-order valence-electron chi connectivity index (χ0n) is 10.7. The van der Waals surface area contributed by atoms with Gasteiger partial charge < -0.3 is 15.4 Å². The van der Waals surface area contributed by atoms with Gasteiger partial charge in [-0.3, -0.25) is 0 Å². The highest BCUT2D eigenvalue weighted by atomic mass is 79.9. The molecule has 5 nitrogen and oxygen atoms in total. The number of methoxy groups -OCH3 is 1. The Hall–Kier alpha value is -1.34. The lowest BCUT2D eigenvalue weighted by Gasteiger charge is -2.12. The number of anilines is 2. The van der Waals surface area contributed by atoms with Crippen LogP contribution >= 0.6 is 27.3 Å². The third-order valence-electron chi connectivity index (χ3n) is 2.54. The van der Waals surface area contributed by atoms with Crippen LogP contribution in [-0.4, -0.2) is 30.7 Å². The normalized spacial score (nSPS) is 10.3. The van der Waals surface area contributed by atoms with Gasteiger partial charge in [0.05, 0.1) is 10.9 Å². The molecule has 2 N–H and O–H groups in total. The number of nitrogens with one attached hydrogen (secondary N) is 2. The molecule has 2 aromatic rings. The van der Waals surface area contributed by atoms with Gasteiger partial charge in [-0.25, -0.2) is 9.97 Å². The number of halogens is 1. The molecule has 0 aromatic carbocycles. The minimum atomic E-state index is 0.636. The molecule has 0 bridgehead atoms. The summed E-state index contributed by atoms with van der Waals surface area (Å²) in [5.74, 6) is 2.02. The molecule has 0 aliphatic rings. The van der Waals surface area contributed by atoms with Crippen molar-refractivity contribution in [3.05, 3.63) is 27.1 Å². The molecule has 0 saturated heterocycles. The van der Waals surface area contributed by atoms with Crippen LogP contribution in [0.25, 0.3) is 0 Å². The van der Waals surface area contributed by atoms with Crippen LogP contribution in [0.5, 0.6) is 5.75 Å². The van der Waals surface area contributed by atoms with E-state index in [1.165, 1.54) is 11.2 Å². The van der Waals surface area contributed by atoms with E-state index in [1.807, 2.05) is 0 Å². The number of nitrogens with zero attached hydrogens (tertiary/aromatic N) is 2. The van der Waals surface area contributed by atoms with Crippen molar-refractivity contribution >= 4 is 38.9 Å². The van der Waals surface area contributed by atoms with Crippen molar-refractivity contribution in [2.24, 2.45) is 0 Å². The Kier molecular flexibility index (Phi) is 4.98. The van der Waals surface area contributed by atoms with Gasteiger partial charge in [0.1, 0.15) is 6.33 Å². The van der Waals surface area contributed by atoms with E-state index < -0.39 is 0 Å². The van der Waals surface area contributed by atoms with Crippen molar-refractivity contribution in [1.82, 2.24) is 9.97 Å². The number of hydrogen-bond donors (Lipinski definition) is 2. The Bertz CT molecular complexity index is 546. The van der Waals surface area contributed by atoms with Crippen LogP contribution in [0.3, 0.4) is 0 Å². The summed E-state index contributed by atoms with van der Waals surface area (Å²) in [6.45, 7) is 0.795. The Morgan fingerprint density at radius 2 is 2.11 bits per heavy atom. The number of thiophene rings is 1. The third-order valence-corrected chi connectivity index (χ3v) is 4.22. The monoisotopic (exact) mass is 342 g/mol. The third kappa shape index (κ3) is 3.57. The van der Waals surface area contributed by atoms with Crippen molar-refractivity contribution in [3.8, 4) is 5.75 Å². The van der Waals surface area contributed by atoms with E-state index in [2.05, 4.69) is 48.7 Å². The maximum Gasteiger partial charge on any atom is 0.204 e. The highest BCUT2D eigenvalue weighted by Gasteiger charge is 2.10. The largest absolute Gasteiger partial charge is 0.490 e.